The van der Waals surface area contributed by atoms with Crippen LogP contribution in [0, 0.1) is 5.92 Å². The Morgan fingerprint density at radius 2 is 1.90 bits per heavy atom. The van der Waals surface area contributed by atoms with E-state index in [1.165, 1.54) is 0 Å². The van der Waals surface area contributed by atoms with Crippen LogP contribution in [-0.2, 0) is 10.8 Å². The molecule has 0 heterocycles. The van der Waals surface area contributed by atoms with Gasteiger partial charge in [-0.2, -0.15) is 0 Å². The summed E-state index contributed by atoms with van der Waals surface area (Å²) in [5, 5.41) is 3.40. The maximum absolute atomic E-state index is 12.2. The number of ether oxygens (including phenoxy) is 2. The topological polar surface area (TPSA) is 47.6 Å². The van der Waals surface area contributed by atoms with Gasteiger partial charge in [-0.25, -0.2) is 0 Å². The number of rotatable bonds is 9. The molecule has 0 aliphatic carbocycles. The lowest BCUT2D eigenvalue weighted by molar-refractivity contribution is 0.386. The minimum atomic E-state index is -0.849. The van der Waals surface area contributed by atoms with Gasteiger partial charge in [-0.3, -0.25) is 4.21 Å². The summed E-state index contributed by atoms with van der Waals surface area (Å²) >= 11 is 0. The van der Waals surface area contributed by atoms with Gasteiger partial charge in [-0.05, 0) is 18.5 Å². The zero-order valence-electron chi connectivity index (χ0n) is 13.6. The third-order valence-corrected chi connectivity index (χ3v) is 4.88. The summed E-state index contributed by atoms with van der Waals surface area (Å²) in [5.41, 5.74) is 1.03. The predicted molar refractivity (Wildman–Crippen MR) is 88.7 cm³/mol. The Labute approximate surface area is 130 Å². The third kappa shape index (κ3) is 5.67. The summed E-state index contributed by atoms with van der Waals surface area (Å²) < 4.78 is 22.9. The highest BCUT2D eigenvalue weighted by molar-refractivity contribution is 7.85. The second-order valence-electron chi connectivity index (χ2n) is 5.39. The molecule has 0 fully saturated rings. The van der Waals surface area contributed by atoms with E-state index in [0.717, 1.165) is 29.4 Å². The normalized spacial score (nSPS) is 14.0. The summed E-state index contributed by atoms with van der Waals surface area (Å²) in [6.07, 6.45) is 0. The van der Waals surface area contributed by atoms with E-state index in [2.05, 4.69) is 19.2 Å². The van der Waals surface area contributed by atoms with Gasteiger partial charge in [-0.1, -0.05) is 26.8 Å². The van der Waals surface area contributed by atoms with E-state index in [0.29, 0.717) is 11.7 Å². The van der Waals surface area contributed by atoms with E-state index in [1.54, 1.807) is 14.2 Å². The van der Waals surface area contributed by atoms with Crippen molar-refractivity contribution >= 4 is 10.8 Å². The molecule has 120 valence electrons. The van der Waals surface area contributed by atoms with Crippen molar-refractivity contribution < 1.29 is 13.7 Å². The van der Waals surface area contributed by atoms with Crippen LogP contribution in [0.1, 0.15) is 32.4 Å². The maximum atomic E-state index is 12.2. The van der Waals surface area contributed by atoms with Gasteiger partial charge in [0.1, 0.15) is 11.5 Å². The summed E-state index contributed by atoms with van der Waals surface area (Å²) in [6, 6.07) is 5.78. The van der Waals surface area contributed by atoms with Crippen molar-refractivity contribution in [2.75, 3.05) is 32.3 Å². The van der Waals surface area contributed by atoms with Crippen molar-refractivity contribution in [2.45, 2.75) is 26.8 Å². The molecule has 0 spiro atoms. The van der Waals surface area contributed by atoms with Gasteiger partial charge in [-0.15, -0.1) is 0 Å². The molecule has 2 atom stereocenters. The second-order valence-corrected chi connectivity index (χ2v) is 6.93. The minimum absolute atomic E-state index is 0.0236. The summed E-state index contributed by atoms with van der Waals surface area (Å²) in [4.78, 5) is 0. The van der Waals surface area contributed by atoms with Crippen LogP contribution < -0.4 is 14.8 Å². The molecule has 5 heteroatoms. The van der Waals surface area contributed by atoms with E-state index in [1.807, 2.05) is 25.1 Å². The van der Waals surface area contributed by atoms with Gasteiger partial charge >= 0.3 is 0 Å². The zero-order chi connectivity index (χ0) is 15.8. The van der Waals surface area contributed by atoms with Crippen molar-refractivity contribution in [3.05, 3.63) is 23.8 Å². The van der Waals surface area contributed by atoms with Crippen LogP contribution in [0.15, 0.2) is 18.2 Å². The number of benzene rings is 1. The standard InChI is InChI=1S/C16H27NO3S/c1-6-17-15(11-21(18)10-12(2)3)14-8-7-13(19-4)9-16(14)20-5/h7-9,12,15,17H,6,10-11H2,1-5H3. The van der Waals surface area contributed by atoms with Crippen LogP contribution in [0.2, 0.25) is 0 Å². The Hall–Kier alpha value is -1.07. The fourth-order valence-corrected chi connectivity index (χ4v) is 3.79. The molecule has 0 aliphatic heterocycles. The van der Waals surface area contributed by atoms with Gasteiger partial charge < -0.3 is 14.8 Å². The molecule has 0 saturated carbocycles. The third-order valence-electron chi connectivity index (χ3n) is 3.14. The van der Waals surface area contributed by atoms with Crippen LogP contribution in [0.3, 0.4) is 0 Å². The number of methoxy groups -OCH3 is 2. The number of hydrogen-bond acceptors (Lipinski definition) is 4. The van der Waals surface area contributed by atoms with Crippen molar-refractivity contribution in [1.82, 2.24) is 5.32 Å². The van der Waals surface area contributed by atoms with Crippen LogP contribution in [0.4, 0.5) is 0 Å². The Morgan fingerprint density at radius 1 is 1.19 bits per heavy atom. The average Bonchev–Trinajstić information content (AvgIpc) is 2.45. The molecular formula is C16H27NO3S. The highest BCUT2D eigenvalue weighted by Gasteiger charge is 2.19. The molecule has 0 bridgehead atoms. The van der Waals surface area contributed by atoms with Crippen molar-refractivity contribution in [2.24, 2.45) is 5.92 Å². The zero-order valence-corrected chi connectivity index (χ0v) is 14.5. The van der Waals surface area contributed by atoms with Crippen LogP contribution in [0.25, 0.3) is 0 Å². The number of nitrogens with one attached hydrogen (secondary N) is 1. The van der Waals surface area contributed by atoms with Crippen LogP contribution in [0.5, 0.6) is 11.5 Å². The lowest BCUT2D eigenvalue weighted by Gasteiger charge is -2.21. The summed E-state index contributed by atoms with van der Waals surface area (Å²) in [5.74, 6) is 3.27. The van der Waals surface area contributed by atoms with E-state index < -0.39 is 10.8 Å². The van der Waals surface area contributed by atoms with Gasteiger partial charge in [0.25, 0.3) is 0 Å². The Balaban J connectivity index is 2.96. The van der Waals surface area contributed by atoms with Gasteiger partial charge in [0.05, 0.1) is 14.2 Å². The van der Waals surface area contributed by atoms with E-state index in [9.17, 15) is 4.21 Å². The highest BCUT2D eigenvalue weighted by Crippen LogP contribution is 2.30. The highest BCUT2D eigenvalue weighted by atomic mass is 32.2. The summed E-state index contributed by atoms with van der Waals surface area (Å²) in [7, 11) is 2.43. The molecule has 0 saturated heterocycles. The van der Waals surface area contributed by atoms with Crippen LogP contribution >= 0.6 is 0 Å². The fourth-order valence-electron chi connectivity index (χ4n) is 2.24. The first-order chi connectivity index (χ1) is 10.0. The van der Waals surface area contributed by atoms with Crippen molar-refractivity contribution in [3.8, 4) is 11.5 Å². The first kappa shape index (κ1) is 18.0. The molecule has 1 aromatic carbocycles. The molecule has 0 aromatic heterocycles. The second kappa shape index (κ2) is 9.05. The quantitative estimate of drug-likeness (QED) is 0.761. The summed E-state index contributed by atoms with van der Waals surface area (Å²) in [6.45, 7) is 7.05. The van der Waals surface area contributed by atoms with Crippen LogP contribution in [-0.4, -0.2) is 36.5 Å². The predicted octanol–water partition coefficient (Wildman–Crippen LogP) is 2.76. The van der Waals surface area contributed by atoms with E-state index >= 15 is 0 Å². The fraction of sp³-hybridized carbons (Fsp3) is 0.625. The van der Waals surface area contributed by atoms with E-state index in [-0.39, 0.29) is 6.04 Å². The van der Waals surface area contributed by atoms with E-state index in [4.69, 9.17) is 9.47 Å². The Morgan fingerprint density at radius 3 is 2.43 bits per heavy atom. The van der Waals surface area contributed by atoms with Gasteiger partial charge in [0.2, 0.25) is 0 Å². The largest absolute Gasteiger partial charge is 0.497 e. The first-order valence-corrected chi connectivity index (χ1v) is 8.80. The molecule has 4 nitrogen and oxygen atoms in total. The Bertz CT molecular complexity index is 463. The SMILES string of the molecule is CCNC(CS(=O)CC(C)C)c1ccc(OC)cc1OC. The molecule has 0 amide bonds. The van der Waals surface area contributed by atoms with Gasteiger partial charge in [0, 0.05) is 40.0 Å². The lowest BCUT2D eigenvalue weighted by Crippen LogP contribution is -2.27. The van der Waals surface area contributed by atoms with Crippen molar-refractivity contribution in [3.63, 3.8) is 0 Å². The van der Waals surface area contributed by atoms with Gasteiger partial charge in [0.15, 0.2) is 0 Å². The molecular weight excluding hydrogens is 286 g/mol. The molecule has 1 rings (SSSR count). The molecule has 0 aliphatic rings. The maximum Gasteiger partial charge on any atom is 0.127 e. The molecule has 1 aromatic rings. The molecule has 2 unspecified atom stereocenters. The minimum Gasteiger partial charge on any atom is -0.497 e. The average molecular weight is 313 g/mol. The smallest absolute Gasteiger partial charge is 0.127 e. The van der Waals surface area contributed by atoms with Crippen molar-refractivity contribution in [1.29, 1.82) is 0 Å². The lowest BCUT2D eigenvalue weighted by atomic mass is 10.1. The molecule has 0 radical (unpaired) electrons. The Kier molecular flexibility index (Phi) is 7.75. The molecule has 1 N–H and O–H groups in total. The monoisotopic (exact) mass is 313 g/mol. The molecule has 21 heavy (non-hydrogen) atoms. The number of hydrogen-bond donors (Lipinski definition) is 1. The first-order valence-electron chi connectivity index (χ1n) is 7.32.